The van der Waals surface area contributed by atoms with Gasteiger partial charge < -0.3 is 5.73 Å². The highest BCUT2D eigenvalue weighted by molar-refractivity contribution is 7.12. The third kappa shape index (κ3) is 2.57. The number of pyridine rings is 1. The van der Waals surface area contributed by atoms with E-state index >= 15 is 0 Å². The molecule has 0 radical (unpaired) electrons. The van der Waals surface area contributed by atoms with Crippen molar-refractivity contribution in [2.45, 2.75) is 19.4 Å². The van der Waals surface area contributed by atoms with Crippen LogP contribution in [0.25, 0.3) is 0 Å². The Kier molecular flexibility index (Phi) is 4.00. The second-order valence-electron chi connectivity index (χ2n) is 5.43. The third-order valence-corrected chi connectivity index (χ3v) is 5.78. The lowest BCUT2D eigenvalue weighted by Gasteiger charge is -2.12. The smallest absolute Gasteiger partial charge is 0.163 e. The summed E-state index contributed by atoms with van der Waals surface area (Å²) >= 11 is 3.32. The van der Waals surface area contributed by atoms with E-state index in [1.54, 1.807) is 28.9 Å². The van der Waals surface area contributed by atoms with Crippen LogP contribution in [0.15, 0.2) is 57.3 Å². The quantitative estimate of drug-likeness (QED) is 0.762. The predicted molar refractivity (Wildman–Crippen MR) is 102 cm³/mol. The molecule has 120 valence electrons. The van der Waals surface area contributed by atoms with Crippen molar-refractivity contribution in [1.82, 2.24) is 4.98 Å². The fourth-order valence-corrected chi connectivity index (χ4v) is 4.33. The molecule has 0 fully saturated rings. The predicted octanol–water partition coefficient (Wildman–Crippen LogP) is 4.35. The first-order valence-corrected chi connectivity index (χ1v) is 9.51. The molecule has 3 aromatic heterocycles. The van der Waals surface area contributed by atoms with Crippen molar-refractivity contribution in [3.05, 3.63) is 68.2 Å². The average Bonchev–Trinajstić information content (AvgIpc) is 3.28. The molecule has 0 aromatic carbocycles. The average molecular weight is 352 g/mol. The van der Waals surface area contributed by atoms with Crippen LogP contribution in [0.5, 0.6) is 0 Å². The molecule has 0 saturated carbocycles. The number of aryl methyl sites for hydroxylation is 1. The van der Waals surface area contributed by atoms with Crippen LogP contribution in [0.2, 0.25) is 0 Å². The van der Waals surface area contributed by atoms with Crippen molar-refractivity contribution < 1.29 is 0 Å². The molecular weight excluding hydrogens is 336 g/mol. The number of hydrogen-bond donors (Lipinski definition) is 1. The zero-order chi connectivity index (χ0) is 16.5. The van der Waals surface area contributed by atoms with E-state index in [-0.39, 0.29) is 6.04 Å². The van der Waals surface area contributed by atoms with Gasteiger partial charge in [0.1, 0.15) is 11.9 Å². The fourth-order valence-electron chi connectivity index (χ4n) is 2.83. The van der Waals surface area contributed by atoms with Crippen molar-refractivity contribution in [2.24, 2.45) is 15.7 Å². The lowest BCUT2D eigenvalue weighted by Crippen LogP contribution is -2.19. The van der Waals surface area contributed by atoms with Gasteiger partial charge in [0.05, 0.1) is 10.6 Å². The molecule has 0 aliphatic carbocycles. The van der Waals surface area contributed by atoms with Gasteiger partial charge in [-0.05, 0) is 40.9 Å². The molecule has 1 aliphatic rings. The summed E-state index contributed by atoms with van der Waals surface area (Å²) in [6.45, 7) is 2.14. The summed E-state index contributed by atoms with van der Waals surface area (Å²) in [5, 5.41) is 4.10. The SMILES string of the molecule is CCc1ccnc2c1C(c1cccs1)=NC(c1cccs1)C(N)=N2. The van der Waals surface area contributed by atoms with Crippen LogP contribution in [0.1, 0.15) is 33.8 Å². The summed E-state index contributed by atoms with van der Waals surface area (Å²) in [4.78, 5) is 16.3. The van der Waals surface area contributed by atoms with Gasteiger partial charge in [-0.1, -0.05) is 19.1 Å². The maximum atomic E-state index is 6.31. The minimum Gasteiger partial charge on any atom is -0.385 e. The Morgan fingerprint density at radius 3 is 2.67 bits per heavy atom. The van der Waals surface area contributed by atoms with Crippen LogP contribution in [-0.4, -0.2) is 16.5 Å². The second-order valence-corrected chi connectivity index (χ2v) is 7.36. The topological polar surface area (TPSA) is 63.6 Å². The normalized spacial score (nSPS) is 17.0. The first-order chi connectivity index (χ1) is 11.8. The molecule has 6 heteroatoms. The molecule has 0 bridgehead atoms. The number of thiophene rings is 2. The van der Waals surface area contributed by atoms with Crippen molar-refractivity contribution in [1.29, 1.82) is 0 Å². The van der Waals surface area contributed by atoms with Crippen molar-refractivity contribution in [2.75, 3.05) is 0 Å². The van der Waals surface area contributed by atoms with Crippen LogP contribution < -0.4 is 5.73 Å². The van der Waals surface area contributed by atoms with E-state index in [2.05, 4.69) is 34.4 Å². The molecule has 1 unspecified atom stereocenters. The van der Waals surface area contributed by atoms with Gasteiger partial charge in [0.15, 0.2) is 5.82 Å². The lowest BCUT2D eigenvalue weighted by molar-refractivity contribution is 0.978. The van der Waals surface area contributed by atoms with Crippen molar-refractivity contribution in [3.63, 3.8) is 0 Å². The monoisotopic (exact) mass is 352 g/mol. The minimum atomic E-state index is -0.263. The molecule has 0 spiro atoms. The number of hydrogen-bond acceptors (Lipinski definition) is 6. The van der Waals surface area contributed by atoms with Crippen molar-refractivity contribution in [3.8, 4) is 0 Å². The van der Waals surface area contributed by atoms with Crippen LogP contribution in [-0.2, 0) is 6.42 Å². The largest absolute Gasteiger partial charge is 0.385 e. The molecule has 4 rings (SSSR count). The summed E-state index contributed by atoms with van der Waals surface area (Å²) in [6, 6.07) is 9.98. The molecule has 2 N–H and O–H groups in total. The molecule has 4 nitrogen and oxygen atoms in total. The van der Waals surface area contributed by atoms with Crippen LogP contribution in [0.4, 0.5) is 5.82 Å². The summed E-state index contributed by atoms with van der Waals surface area (Å²) in [5.41, 5.74) is 9.44. The Balaban J connectivity index is 2.00. The first-order valence-electron chi connectivity index (χ1n) is 7.75. The highest BCUT2D eigenvalue weighted by Crippen LogP contribution is 2.34. The Hall–Kier alpha value is -2.31. The van der Waals surface area contributed by atoms with Gasteiger partial charge in [-0.3, -0.25) is 4.99 Å². The first kappa shape index (κ1) is 15.2. The number of nitrogens with zero attached hydrogens (tertiary/aromatic N) is 3. The van der Waals surface area contributed by atoms with Gasteiger partial charge in [-0.25, -0.2) is 9.98 Å². The van der Waals surface area contributed by atoms with E-state index in [0.717, 1.165) is 27.5 Å². The summed E-state index contributed by atoms with van der Waals surface area (Å²) in [5.74, 6) is 1.16. The molecule has 1 aliphatic heterocycles. The van der Waals surface area contributed by atoms with Crippen LogP contribution in [0, 0.1) is 0 Å². The molecule has 0 saturated heterocycles. The van der Waals surface area contributed by atoms with Gasteiger partial charge in [-0.15, -0.1) is 22.7 Å². The van der Waals surface area contributed by atoms with Gasteiger partial charge in [0.2, 0.25) is 0 Å². The number of rotatable bonds is 3. The van der Waals surface area contributed by atoms with Gasteiger partial charge in [-0.2, -0.15) is 0 Å². The van der Waals surface area contributed by atoms with E-state index in [9.17, 15) is 0 Å². The molecular formula is C18H16N4S2. The Morgan fingerprint density at radius 2 is 1.96 bits per heavy atom. The van der Waals surface area contributed by atoms with E-state index in [1.807, 2.05) is 23.6 Å². The second kappa shape index (κ2) is 6.30. The Bertz CT molecular complexity index is 909. The molecule has 0 amide bonds. The van der Waals surface area contributed by atoms with Crippen molar-refractivity contribution >= 4 is 40.0 Å². The zero-order valence-corrected chi connectivity index (χ0v) is 14.8. The Labute approximate surface area is 148 Å². The zero-order valence-electron chi connectivity index (χ0n) is 13.1. The number of fused-ring (bicyclic) bond motifs is 1. The van der Waals surface area contributed by atoms with Gasteiger partial charge in [0, 0.05) is 16.6 Å². The number of aliphatic imine (C=N–C) groups is 2. The molecule has 4 heterocycles. The minimum absolute atomic E-state index is 0.263. The third-order valence-electron chi connectivity index (χ3n) is 3.98. The molecule has 24 heavy (non-hydrogen) atoms. The number of nitrogens with two attached hydrogens (primary N) is 1. The summed E-state index contributed by atoms with van der Waals surface area (Å²) in [6.07, 6.45) is 2.69. The summed E-state index contributed by atoms with van der Waals surface area (Å²) < 4.78 is 0. The fraction of sp³-hybridized carbons (Fsp3) is 0.167. The van der Waals surface area contributed by atoms with Gasteiger partial charge in [0.25, 0.3) is 0 Å². The highest BCUT2D eigenvalue weighted by atomic mass is 32.1. The van der Waals surface area contributed by atoms with Crippen LogP contribution >= 0.6 is 22.7 Å². The maximum absolute atomic E-state index is 6.31. The maximum Gasteiger partial charge on any atom is 0.163 e. The van der Waals surface area contributed by atoms with Crippen LogP contribution in [0.3, 0.4) is 0 Å². The van der Waals surface area contributed by atoms with E-state index in [0.29, 0.717) is 11.7 Å². The number of aromatic nitrogens is 1. The standard InChI is InChI=1S/C18H16N4S2/c1-2-11-7-8-20-18-14(11)15(12-5-3-9-23-12)21-16(17(19)22-18)13-6-4-10-24-13/h3-10,16H,2H2,1H3,(H2,19,20,22). The van der Waals surface area contributed by atoms with E-state index < -0.39 is 0 Å². The lowest BCUT2D eigenvalue weighted by atomic mass is 10.0. The van der Waals surface area contributed by atoms with Gasteiger partial charge >= 0.3 is 0 Å². The molecule has 3 aromatic rings. The van der Waals surface area contributed by atoms with E-state index in [1.165, 1.54) is 5.56 Å². The summed E-state index contributed by atoms with van der Waals surface area (Å²) in [7, 11) is 0. The highest BCUT2D eigenvalue weighted by Gasteiger charge is 2.26. The molecule has 1 atom stereocenters. The number of amidine groups is 1. The van der Waals surface area contributed by atoms with E-state index in [4.69, 9.17) is 10.7 Å². The Morgan fingerprint density at radius 1 is 1.12 bits per heavy atom.